The maximum absolute atomic E-state index is 12.7. The Labute approximate surface area is 193 Å². The number of nitro groups is 1. The first kappa shape index (κ1) is 23.5. The van der Waals surface area contributed by atoms with Gasteiger partial charge in [-0.1, -0.05) is 0 Å². The zero-order valence-corrected chi connectivity index (χ0v) is 18.4. The van der Waals surface area contributed by atoms with Gasteiger partial charge in [0.25, 0.3) is 11.8 Å². The number of ether oxygens (including phenoxy) is 2. The average Bonchev–Trinajstić information content (AvgIpc) is 3.32. The summed E-state index contributed by atoms with van der Waals surface area (Å²) in [5.74, 6) is -2.40. The standard InChI is InChI=1S/C19H15BrN4O9/c1-31-18(27)14-3-2-10(33-14)7-23-17(26)12(22-19(23)28)5-9-4-11(20)16(32-8-15(21)25)13(6-9)24(29)30/h2-6H,7-8H2,1H3,(H2,21,25)(H,22,28)/b12-5-. The van der Waals surface area contributed by atoms with Crippen molar-refractivity contribution in [2.45, 2.75) is 6.54 Å². The quantitative estimate of drug-likeness (QED) is 0.171. The highest BCUT2D eigenvalue weighted by Gasteiger charge is 2.34. The summed E-state index contributed by atoms with van der Waals surface area (Å²) in [4.78, 5) is 58.9. The molecule has 0 aliphatic carbocycles. The summed E-state index contributed by atoms with van der Waals surface area (Å²) in [6.07, 6.45) is 1.23. The van der Waals surface area contributed by atoms with Crippen LogP contribution in [0.3, 0.4) is 0 Å². The van der Waals surface area contributed by atoms with Crippen molar-refractivity contribution in [3.63, 3.8) is 0 Å². The minimum Gasteiger partial charge on any atom is -0.476 e. The predicted molar refractivity (Wildman–Crippen MR) is 113 cm³/mol. The van der Waals surface area contributed by atoms with Crippen LogP contribution < -0.4 is 15.8 Å². The van der Waals surface area contributed by atoms with E-state index in [0.717, 1.165) is 11.0 Å². The van der Waals surface area contributed by atoms with Gasteiger partial charge in [-0.3, -0.25) is 24.6 Å². The Morgan fingerprint density at radius 1 is 1.33 bits per heavy atom. The molecule has 1 fully saturated rings. The highest BCUT2D eigenvalue weighted by atomic mass is 79.9. The summed E-state index contributed by atoms with van der Waals surface area (Å²) in [5.41, 5.74) is 4.56. The van der Waals surface area contributed by atoms with Crippen LogP contribution in [0.1, 0.15) is 21.9 Å². The first-order chi connectivity index (χ1) is 15.6. The van der Waals surface area contributed by atoms with E-state index in [9.17, 15) is 29.3 Å². The smallest absolute Gasteiger partial charge is 0.373 e. The Morgan fingerprint density at radius 2 is 2.06 bits per heavy atom. The van der Waals surface area contributed by atoms with Crippen LogP contribution in [0.5, 0.6) is 5.75 Å². The molecule has 3 rings (SSSR count). The molecule has 0 unspecified atom stereocenters. The molecule has 0 saturated carbocycles. The summed E-state index contributed by atoms with van der Waals surface area (Å²) in [5, 5.41) is 13.8. The van der Waals surface area contributed by atoms with Crippen molar-refractivity contribution in [1.82, 2.24) is 10.2 Å². The van der Waals surface area contributed by atoms with Gasteiger partial charge in [-0.2, -0.15) is 0 Å². The molecule has 2 heterocycles. The van der Waals surface area contributed by atoms with Crippen molar-refractivity contribution >= 4 is 51.5 Å². The van der Waals surface area contributed by atoms with Crippen molar-refractivity contribution in [3.05, 3.63) is 61.6 Å². The SMILES string of the molecule is COC(=O)c1ccc(CN2C(=O)N/C(=C\c3cc(Br)c(OCC(N)=O)c([N+](=O)[O-])c3)C2=O)o1. The van der Waals surface area contributed by atoms with E-state index in [4.69, 9.17) is 14.9 Å². The average molecular weight is 523 g/mol. The van der Waals surface area contributed by atoms with Gasteiger partial charge >= 0.3 is 17.7 Å². The molecule has 33 heavy (non-hydrogen) atoms. The molecule has 4 amide bonds. The number of rotatable bonds is 8. The van der Waals surface area contributed by atoms with Gasteiger partial charge in [0.15, 0.2) is 6.61 Å². The van der Waals surface area contributed by atoms with Gasteiger partial charge in [0.1, 0.15) is 11.5 Å². The summed E-state index contributed by atoms with van der Waals surface area (Å²) in [6.45, 7) is -0.837. The zero-order chi connectivity index (χ0) is 24.3. The minimum absolute atomic E-state index is 0.0916. The van der Waals surface area contributed by atoms with Crippen LogP contribution >= 0.6 is 15.9 Å². The number of nitro benzene ring substituents is 1. The van der Waals surface area contributed by atoms with E-state index >= 15 is 0 Å². The number of hydrogen-bond donors (Lipinski definition) is 2. The lowest BCUT2D eigenvalue weighted by atomic mass is 10.1. The summed E-state index contributed by atoms with van der Waals surface area (Å²) < 4.78 is 15.0. The van der Waals surface area contributed by atoms with Crippen LogP contribution in [0.4, 0.5) is 10.5 Å². The van der Waals surface area contributed by atoms with E-state index in [0.29, 0.717) is 0 Å². The van der Waals surface area contributed by atoms with Gasteiger partial charge in [-0.25, -0.2) is 9.59 Å². The van der Waals surface area contributed by atoms with Crippen molar-refractivity contribution in [1.29, 1.82) is 0 Å². The largest absolute Gasteiger partial charge is 0.476 e. The number of benzene rings is 1. The molecule has 1 aromatic carbocycles. The second-order valence-corrected chi connectivity index (χ2v) is 7.35. The van der Waals surface area contributed by atoms with E-state index in [1.54, 1.807) is 0 Å². The maximum atomic E-state index is 12.7. The molecular formula is C19H15BrN4O9. The Morgan fingerprint density at radius 3 is 2.70 bits per heavy atom. The van der Waals surface area contributed by atoms with Gasteiger partial charge in [0.2, 0.25) is 11.5 Å². The number of carbonyl (C=O) groups excluding carboxylic acids is 4. The molecule has 3 N–H and O–H groups in total. The number of primary amides is 1. The van der Waals surface area contributed by atoms with Crippen molar-refractivity contribution < 1.29 is 38.0 Å². The van der Waals surface area contributed by atoms with Crippen molar-refractivity contribution in [3.8, 4) is 5.75 Å². The normalized spacial score (nSPS) is 14.4. The molecule has 0 radical (unpaired) electrons. The van der Waals surface area contributed by atoms with E-state index < -0.39 is 41.0 Å². The predicted octanol–water partition coefficient (Wildman–Crippen LogP) is 1.69. The van der Waals surface area contributed by atoms with E-state index in [2.05, 4.69) is 26.0 Å². The van der Waals surface area contributed by atoms with E-state index in [1.165, 1.54) is 31.4 Å². The van der Waals surface area contributed by atoms with Gasteiger partial charge in [-0.05, 0) is 45.8 Å². The minimum atomic E-state index is -0.822. The summed E-state index contributed by atoms with van der Waals surface area (Å²) >= 11 is 3.13. The third-order valence-corrected chi connectivity index (χ3v) is 4.83. The maximum Gasteiger partial charge on any atom is 0.373 e. The Kier molecular flexibility index (Phi) is 6.77. The van der Waals surface area contributed by atoms with E-state index in [1.807, 2.05) is 0 Å². The number of urea groups is 1. The lowest BCUT2D eigenvalue weighted by molar-refractivity contribution is -0.385. The van der Waals surface area contributed by atoms with Crippen LogP contribution in [0, 0.1) is 10.1 Å². The molecule has 1 saturated heterocycles. The molecular weight excluding hydrogens is 508 g/mol. The van der Waals surface area contributed by atoms with Crippen LogP contribution in [-0.2, 0) is 20.9 Å². The first-order valence-electron chi connectivity index (χ1n) is 9.01. The number of nitrogens with two attached hydrogens (primary N) is 1. The number of furan rings is 1. The first-order valence-corrected chi connectivity index (χ1v) is 9.80. The van der Waals surface area contributed by atoms with E-state index in [-0.39, 0.29) is 39.5 Å². The molecule has 1 aliphatic heterocycles. The number of nitrogens with one attached hydrogen (secondary N) is 1. The van der Waals surface area contributed by atoms with Gasteiger partial charge in [0, 0.05) is 6.07 Å². The number of carbonyl (C=O) groups is 4. The number of imide groups is 1. The van der Waals surface area contributed by atoms with Crippen LogP contribution in [-0.4, -0.2) is 47.4 Å². The Bertz CT molecular complexity index is 1200. The molecule has 2 aromatic rings. The molecule has 14 heteroatoms. The number of esters is 1. The molecule has 0 spiro atoms. The summed E-state index contributed by atoms with van der Waals surface area (Å²) in [6, 6.07) is 4.51. The second-order valence-electron chi connectivity index (χ2n) is 6.50. The fourth-order valence-electron chi connectivity index (χ4n) is 2.82. The molecule has 172 valence electrons. The van der Waals surface area contributed by atoms with Crippen molar-refractivity contribution in [2.75, 3.05) is 13.7 Å². The summed E-state index contributed by atoms with van der Waals surface area (Å²) in [7, 11) is 1.18. The van der Waals surface area contributed by atoms with Gasteiger partial charge < -0.3 is 24.9 Å². The number of nitrogens with zero attached hydrogens (tertiary/aromatic N) is 2. The lowest BCUT2D eigenvalue weighted by Crippen LogP contribution is -2.30. The highest BCUT2D eigenvalue weighted by Crippen LogP contribution is 2.37. The van der Waals surface area contributed by atoms with Crippen LogP contribution in [0.2, 0.25) is 0 Å². The topological polar surface area (TPSA) is 184 Å². The van der Waals surface area contributed by atoms with Crippen molar-refractivity contribution in [2.24, 2.45) is 5.73 Å². The lowest BCUT2D eigenvalue weighted by Gasteiger charge is -2.09. The molecule has 1 aliphatic rings. The Balaban J connectivity index is 1.85. The number of hydrogen-bond acceptors (Lipinski definition) is 9. The second kappa shape index (κ2) is 9.52. The van der Waals surface area contributed by atoms with Gasteiger partial charge in [0.05, 0.1) is 23.1 Å². The monoisotopic (exact) mass is 522 g/mol. The third kappa shape index (κ3) is 5.17. The van der Waals surface area contributed by atoms with Crippen LogP contribution in [0.15, 0.2) is 38.9 Å². The fraction of sp³-hybridized carbons (Fsp3) is 0.158. The number of halogens is 1. The van der Waals surface area contributed by atoms with Crippen LogP contribution in [0.25, 0.3) is 6.08 Å². The highest BCUT2D eigenvalue weighted by molar-refractivity contribution is 9.10. The Hall–Kier alpha value is -4.20. The zero-order valence-electron chi connectivity index (χ0n) is 16.8. The molecule has 0 atom stereocenters. The fourth-order valence-corrected chi connectivity index (χ4v) is 3.40. The van der Waals surface area contributed by atoms with Gasteiger partial charge in [-0.15, -0.1) is 0 Å². The molecule has 0 bridgehead atoms. The molecule has 1 aromatic heterocycles. The number of amides is 4. The molecule has 13 nitrogen and oxygen atoms in total. The number of methoxy groups -OCH3 is 1. The third-order valence-electron chi connectivity index (χ3n) is 4.24.